The molecule has 0 saturated heterocycles. The molecule has 2 heterocycles. The number of aromatic nitrogens is 3. The summed E-state index contributed by atoms with van der Waals surface area (Å²) in [5, 5.41) is 3.10. The molecular weight excluding hydrogens is 240 g/mol. The van der Waals surface area contributed by atoms with E-state index in [9.17, 15) is 0 Å². The van der Waals surface area contributed by atoms with Crippen molar-refractivity contribution in [2.45, 2.75) is 20.3 Å². The summed E-state index contributed by atoms with van der Waals surface area (Å²) in [6.45, 7) is 4.01. The first-order valence-electron chi connectivity index (χ1n) is 6.25. The molecule has 0 bridgehead atoms. The van der Waals surface area contributed by atoms with Gasteiger partial charge in [0.05, 0.1) is 7.11 Å². The Hall–Kier alpha value is -2.17. The Morgan fingerprint density at radius 3 is 2.68 bits per heavy atom. The zero-order valence-electron chi connectivity index (χ0n) is 11.7. The van der Waals surface area contributed by atoms with Gasteiger partial charge in [0, 0.05) is 25.2 Å². The van der Waals surface area contributed by atoms with Gasteiger partial charge in [0.15, 0.2) is 0 Å². The molecule has 19 heavy (non-hydrogen) atoms. The maximum atomic E-state index is 5.36. The highest BCUT2D eigenvalue weighted by Gasteiger charge is 2.15. The van der Waals surface area contributed by atoms with Crippen LogP contribution >= 0.6 is 0 Å². The Balaban J connectivity index is 2.67. The van der Waals surface area contributed by atoms with E-state index >= 15 is 0 Å². The van der Waals surface area contributed by atoms with Crippen LogP contribution in [0.1, 0.15) is 18.3 Å². The van der Waals surface area contributed by atoms with Gasteiger partial charge in [-0.05, 0) is 19.1 Å². The lowest BCUT2D eigenvalue weighted by Gasteiger charge is -2.13. The van der Waals surface area contributed by atoms with Crippen LogP contribution in [-0.2, 0) is 6.42 Å². The second kappa shape index (κ2) is 5.65. The van der Waals surface area contributed by atoms with Crippen LogP contribution in [0.4, 0.5) is 5.82 Å². The number of aryl methyl sites for hydroxylation is 1. The van der Waals surface area contributed by atoms with E-state index in [2.05, 4.69) is 20.3 Å². The molecule has 0 aliphatic heterocycles. The summed E-state index contributed by atoms with van der Waals surface area (Å²) in [4.78, 5) is 13.4. The molecule has 5 nitrogen and oxygen atoms in total. The van der Waals surface area contributed by atoms with Gasteiger partial charge in [0.1, 0.15) is 28.8 Å². The Morgan fingerprint density at radius 1 is 1.26 bits per heavy atom. The normalized spacial score (nSPS) is 10.3. The van der Waals surface area contributed by atoms with Crippen molar-refractivity contribution < 1.29 is 4.74 Å². The van der Waals surface area contributed by atoms with Crippen molar-refractivity contribution >= 4 is 5.82 Å². The quantitative estimate of drug-likeness (QED) is 0.912. The SMILES string of the molecule is CCc1nc(NC)c(C)c(-c2ncccc2OC)n1. The molecule has 0 aliphatic rings. The van der Waals surface area contributed by atoms with E-state index in [1.807, 2.05) is 33.0 Å². The van der Waals surface area contributed by atoms with Crippen LogP contribution in [0.15, 0.2) is 18.3 Å². The lowest BCUT2D eigenvalue weighted by atomic mass is 10.1. The van der Waals surface area contributed by atoms with Gasteiger partial charge in [-0.1, -0.05) is 6.92 Å². The number of pyridine rings is 1. The van der Waals surface area contributed by atoms with Crippen LogP contribution in [0.25, 0.3) is 11.4 Å². The number of ether oxygens (including phenoxy) is 1. The van der Waals surface area contributed by atoms with E-state index in [0.29, 0.717) is 5.75 Å². The average molecular weight is 258 g/mol. The largest absolute Gasteiger partial charge is 0.494 e. The summed E-state index contributed by atoms with van der Waals surface area (Å²) in [7, 11) is 3.49. The average Bonchev–Trinajstić information content (AvgIpc) is 2.47. The van der Waals surface area contributed by atoms with Crippen molar-refractivity contribution in [1.29, 1.82) is 0 Å². The summed E-state index contributed by atoms with van der Waals surface area (Å²) < 4.78 is 5.36. The lowest BCUT2D eigenvalue weighted by Crippen LogP contribution is -2.06. The number of methoxy groups -OCH3 is 1. The van der Waals surface area contributed by atoms with Crippen molar-refractivity contribution in [1.82, 2.24) is 15.0 Å². The third-order valence-corrected chi connectivity index (χ3v) is 2.96. The van der Waals surface area contributed by atoms with E-state index in [0.717, 1.165) is 35.0 Å². The molecule has 0 aromatic carbocycles. The van der Waals surface area contributed by atoms with Crippen LogP contribution in [0, 0.1) is 6.92 Å². The Bertz CT molecular complexity index is 584. The van der Waals surface area contributed by atoms with E-state index in [1.165, 1.54) is 0 Å². The van der Waals surface area contributed by atoms with Gasteiger partial charge < -0.3 is 10.1 Å². The molecule has 1 N–H and O–H groups in total. The van der Waals surface area contributed by atoms with Gasteiger partial charge in [-0.25, -0.2) is 9.97 Å². The van der Waals surface area contributed by atoms with Crippen LogP contribution in [-0.4, -0.2) is 29.1 Å². The van der Waals surface area contributed by atoms with E-state index < -0.39 is 0 Å². The van der Waals surface area contributed by atoms with E-state index in [1.54, 1.807) is 13.3 Å². The van der Waals surface area contributed by atoms with Crippen molar-refractivity contribution in [2.24, 2.45) is 0 Å². The first-order valence-corrected chi connectivity index (χ1v) is 6.25. The molecule has 0 atom stereocenters. The summed E-state index contributed by atoms with van der Waals surface area (Å²) >= 11 is 0. The third-order valence-electron chi connectivity index (χ3n) is 2.96. The molecule has 2 aromatic rings. The number of anilines is 1. The summed E-state index contributed by atoms with van der Waals surface area (Å²) in [5.41, 5.74) is 2.53. The predicted molar refractivity (Wildman–Crippen MR) is 75.5 cm³/mol. The number of hydrogen-bond donors (Lipinski definition) is 1. The Kier molecular flexibility index (Phi) is 3.94. The number of nitrogens with zero attached hydrogens (tertiary/aromatic N) is 3. The zero-order valence-corrected chi connectivity index (χ0v) is 11.7. The molecular formula is C14H18N4O. The van der Waals surface area contributed by atoms with Crippen LogP contribution in [0.3, 0.4) is 0 Å². The molecule has 0 amide bonds. The summed E-state index contributed by atoms with van der Waals surface area (Å²) in [6, 6.07) is 3.73. The molecule has 0 fully saturated rings. The van der Waals surface area contributed by atoms with Gasteiger partial charge >= 0.3 is 0 Å². The zero-order chi connectivity index (χ0) is 13.8. The van der Waals surface area contributed by atoms with Crippen LogP contribution in [0.5, 0.6) is 5.75 Å². The minimum absolute atomic E-state index is 0.716. The van der Waals surface area contributed by atoms with Crippen molar-refractivity contribution in [3.05, 3.63) is 29.7 Å². The number of rotatable bonds is 4. The van der Waals surface area contributed by atoms with E-state index in [-0.39, 0.29) is 0 Å². The Morgan fingerprint density at radius 2 is 2.05 bits per heavy atom. The van der Waals surface area contributed by atoms with E-state index in [4.69, 9.17) is 4.74 Å². The highest BCUT2D eigenvalue weighted by atomic mass is 16.5. The fourth-order valence-electron chi connectivity index (χ4n) is 1.93. The molecule has 2 rings (SSSR count). The minimum Gasteiger partial charge on any atom is -0.494 e. The van der Waals surface area contributed by atoms with Crippen molar-refractivity contribution in [2.75, 3.05) is 19.5 Å². The van der Waals surface area contributed by atoms with Crippen LogP contribution in [0.2, 0.25) is 0 Å². The molecule has 5 heteroatoms. The summed E-state index contributed by atoms with van der Waals surface area (Å²) in [5.74, 6) is 2.33. The minimum atomic E-state index is 0.716. The van der Waals surface area contributed by atoms with Gasteiger partial charge in [-0.15, -0.1) is 0 Å². The fraction of sp³-hybridized carbons (Fsp3) is 0.357. The van der Waals surface area contributed by atoms with Gasteiger partial charge in [-0.3, -0.25) is 4.98 Å². The molecule has 0 aliphatic carbocycles. The fourth-order valence-corrected chi connectivity index (χ4v) is 1.93. The van der Waals surface area contributed by atoms with Gasteiger partial charge in [0.25, 0.3) is 0 Å². The molecule has 0 spiro atoms. The highest BCUT2D eigenvalue weighted by molar-refractivity contribution is 5.69. The monoisotopic (exact) mass is 258 g/mol. The number of hydrogen-bond acceptors (Lipinski definition) is 5. The molecule has 100 valence electrons. The predicted octanol–water partition coefficient (Wildman–Crippen LogP) is 2.46. The first kappa shape index (κ1) is 13.3. The lowest BCUT2D eigenvalue weighted by molar-refractivity contribution is 0.414. The molecule has 0 radical (unpaired) electrons. The number of nitrogens with one attached hydrogen (secondary N) is 1. The Labute approximate surface area is 113 Å². The maximum absolute atomic E-state index is 5.36. The first-order chi connectivity index (χ1) is 9.21. The third kappa shape index (κ3) is 2.50. The van der Waals surface area contributed by atoms with Gasteiger partial charge in [-0.2, -0.15) is 0 Å². The highest BCUT2D eigenvalue weighted by Crippen LogP contribution is 2.30. The molecule has 2 aromatic heterocycles. The topological polar surface area (TPSA) is 59.9 Å². The maximum Gasteiger partial charge on any atom is 0.146 e. The van der Waals surface area contributed by atoms with Crippen molar-refractivity contribution in [3.63, 3.8) is 0 Å². The van der Waals surface area contributed by atoms with Crippen LogP contribution < -0.4 is 10.1 Å². The standard InChI is InChI=1S/C14H18N4O/c1-5-11-17-12(9(2)14(15-3)18-11)13-10(19-4)7-6-8-16-13/h6-8H,5H2,1-4H3,(H,15,17,18). The molecule has 0 saturated carbocycles. The summed E-state index contributed by atoms with van der Waals surface area (Å²) in [6.07, 6.45) is 2.52. The second-order valence-electron chi connectivity index (χ2n) is 4.12. The second-order valence-corrected chi connectivity index (χ2v) is 4.12. The van der Waals surface area contributed by atoms with Gasteiger partial charge in [0.2, 0.25) is 0 Å². The molecule has 0 unspecified atom stereocenters. The smallest absolute Gasteiger partial charge is 0.146 e. The van der Waals surface area contributed by atoms with Crippen molar-refractivity contribution in [3.8, 4) is 17.1 Å².